The highest BCUT2D eigenvalue weighted by Crippen LogP contribution is 2.13. The second-order valence-corrected chi connectivity index (χ2v) is 5.37. The Bertz CT molecular complexity index is 844. The highest BCUT2D eigenvalue weighted by molar-refractivity contribution is 5.92. The number of ether oxygens (including phenoxy) is 1. The van der Waals surface area contributed by atoms with E-state index in [2.05, 4.69) is 9.84 Å². The van der Waals surface area contributed by atoms with E-state index in [1.54, 1.807) is 0 Å². The van der Waals surface area contributed by atoms with Crippen molar-refractivity contribution in [1.82, 2.24) is 14.7 Å². The van der Waals surface area contributed by atoms with Crippen LogP contribution in [0.2, 0.25) is 0 Å². The van der Waals surface area contributed by atoms with Gasteiger partial charge < -0.3 is 9.64 Å². The topological polar surface area (TPSA) is 84.4 Å². The number of amides is 1. The number of nitrogens with one attached hydrogen (secondary N) is 1. The molecule has 2 aromatic rings. The highest BCUT2D eigenvalue weighted by atomic mass is 19.2. The van der Waals surface area contributed by atoms with Crippen LogP contribution in [0.4, 0.5) is 8.78 Å². The molecule has 0 bridgehead atoms. The third kappa shape index (κ3) is 4.52. The van der Waals surface area contributed by atoms with Gasteiger partial charge in [-0.25, -0.2) is 8.78 Å². The SMILES string of the molecule is COC(=O)CCN(Cc1ccc(F)c(F)c1)C(=O)c1cc(=O)n(C)[nH]1. The van der Waals surface area contributed by atoms with E-state index in [1.165, 1.54) is 25.1 Å². The van der Waals surface area contributed by atoms with Crippen LogP contribution in [0.1, 0.15) is 22.5 Å². The van der Waals surface area contributed by atoms with E-state index in [1.807, 2.05) is 0 Å². The van der Waals surface area contributed by atoms with Crippen molar-refractivity contribution in [3.05, 3.63) is 57.5 Å². The van der Waals surface area contributed by atoms with Crippen LogP contribution in [-0.4, -0.2) is 40.2 Å². The molecule has 1 N–H and O–H groups in total. The maximum Gasteiger partial charge on any atom is 0.307 e. The minimum atomic E-state index is -1.04. The summed E-state index contributed by atoms with van der Waals surface area (Å²) in [4.78, 5) is 36.7. The van der Waals surface area contributed by atoms with Crippen molar-refractivity contribution in [3.63, 3.8) is 0 Å². The van der Waals surface area contributed by atoms with E-state index in [4.69, 9.17) is 0 Å². The Morgan fingerprint density at radius 1 is 1.24 bits per heavy atom. The number of H-pyrrole nitrogens is 1. The molecule has 9 heteroatoms. The molecule has 2 rings (SSSR count). The average molecular weight is 353 g/mol. The molecular weight excluding hydrogens is 336 g/mol. The van der Waals surface area contributed by atoms with Gasteiger partial charge in [-0.2, -0.15) is 0 Å². The molecule has 134 valence electrons. The van der Waals surface area contributed by atoms with E-state index < -0.39 is 29.1 Å². The van der Waals surface area contributed by atoms with Crippen molar-refractivity contribution < 1.29 is 23.1 Å². The molecule has 1 aromatic heterocycles. The lowest BCUT2D eigenvalue weighted by atomic mass is 10.2. The summed E-state index contributed by atoms with van der Waals surface area (Å²) < 4.78 is 32.1. The Kier molecular flexibility index (Phi) is 5.68. The van der Waals surface area contributed by atoms with Gasteiger partial charge in [0.1, 0.15) is 5.69 Å². The zero-order valence-corrected chi connectivity index (χ0v) is 13.7. The second kappa shape index (κ2) is 7.73. The van der Waals surface area contributed by atoms with Gasteiger partial charge >= 0.3 is 5.97 Å². The molecule has 0 fully saturated rings. The van der Waals surface area contributed by atoms with Crippen LogP contribution in [0.15, 0.2) is 29.1 Å². The summed E-state index contributed by atoms with van der Waals surface area (Å²) in [5.74, 6) is -3.11. The first-order valence-corrected chi connectivity index (χ1v) is 7.38. The van der Waals surface area contributed by atoms with Crippen LogP contribution in [0.25, 0.3) is 0 Å². The normalized spacial score (nSPS) is 10.6. The van der Waals surface area contributed by atoms with Crippen molar-refractivity contribution in [2.75, 3.05) is 13.7 Å². The van der Waals surface area contributed by atoms with Gasteiger partial charge in [0, 0.05) is 26.2 Å². The van der Waals surface area contributed by atoms with Crippen molar-refractivity contribution in [2.24, 2.45) is 7.05 Å². The first-order chi connectivity index (χ1) is 11.8. The Morgan fingerprint density at radius 2 is 1.96 bits per heavy atom. The molecule has 0 unspecified atom stereocenters. The number of halogens is 2. The number of methoxy groups -OCH3 is 1. The van der Waals surface area contributed by atoms with Crippen molar-refractivity contribution in [3.8, 4) is 0 Å². The zero-order chi connectivity index (χ0) is 18.6. The fraction of sp³-hybridized carbons (Fsp3) is 0.312. The number of aromatic nitrogens is 2. The van der Waals surface area contributed by atoms with Crippen LogP contribution in [0, 0.1) is 11.6 Å². The number of aromatic amines is 1. The van der Waals surface area contributed by atoms with E-state index in [-0.39, 0.29) is 25.2 Å². The molecule has 0 aliphatic carbocycles. The predicted molar refractivity (Wildman–Crippen MR) is 83.8 cm³/mol. The number of carbonyl (C=O) groups excluding carboxylic acids is 2. The monoisotopic (exact) mass is 353 g/mol. The summed E-state index contributed by atoms with van der Waals surface area (Å²) in [5.41, 5.74) is -0.0283. The second-order valence-electron chi connectivity index (χ2n) is 5.37. The molecule has 0 saturated carbocycles. The van der Waals surface area contributed by atoms with Crippen molar-refractivity contribution in [1.29, 1.82) is 0 Å². The van der Waals surface area contributed by atoms with Gasteiger partial charge in [-0.3, -0.25) is 24.2 Å². The van der Waals surface area contributed by atoms with E-state index >= 15 is 0 Å². The molecule has 1 aromatic carbocycles. The number of hydrogen-bond acceptors (Lipinski definition) is 4. The fourth-order valence-electron chi connectivity index (χ4n) is 2.21. The highest BCUT2D eigenvalue weighted by Gasteiger charge is 2.20. The third-order valence-corrected chi connectivity index (χ3v) is 3.58. The molecule has 1 heterocycles. The molecule has 0 aliphatic rings. The van der Waals surface area contributed by atoms with Gasteiger partial charge in [-0.05, 0) is 17.7 Å². The summed E-state index contributed by atoms with van der Waals surface area (Å²) in [6, 6.07) is 4.39. The number of hydrogen-bond donors (Lipinski definition) is 1. The van der Waals surface area contributed by atoms with Crippen LogP contribution < -0.4 is 5.56 Å². The van der Waals surface area contributed by atoms with E-state index in [0.717, 1.165) is 22.9 Å². The average Bonchev–Trinajstić information content (AvgIpc) is 2.92. The van der Waals surface area contributed by atoms with Crippen LogP contribution in [0.3, 0.4) is 0 Å². The zero-order valence-electron chi connectivity index (χ0n) is 13.7. The Labute approximate surface area is 141 Å². The van der Waals surface area contributed by atoms with Crippen LogP contribution in [-0.2, 0) is 23.1 Å². The fourth-order valence-corrected chi connectivity index (χ4v) is 2.21. The van der Waals surface area contributed by atoms with Gasteiger partial charge in [-0.1, -0.05) is 6.07 Å². The summed E-state index contributed by atoms with van der Waals surface area (Å²) in [7, 11) is 2.67. The minimum Gasteiger partial charge on any atom is -0.469 e. The molecule has 7 nitrogen and oxygen atoms in total. The lowest BCUT2D eigenvalue weighted by Gasteiger charge is -2.22. The standard InChI is InChI=1S/C16H17F2N3O4/c1-20-14(22)8-13(19-20)16(24)21(6-5-15(23)25-2)9-10-3-4-11(17)12(18)7-10/h3-4,7-8,19H,5-6,9H2,1-2H3. The van der Waals surface area contributed by atoms with Gasteiger partial charge in [0.15, 0.2) is 11.6 Å². The van der Waals surface area contributed by atoms with Gasteiger partial charge in [0.05, 0.1) is 13.5 Å². The maximum atomic E-state index is 13.4. The quantitative estimate of drug-likeness (QED) is 0.791. The largest absolute Gasteiger partial charge is 0.469 e. The predicted octanol–water partition coefficient (Wildman–Crippen LogP) is 1.20. The number of nitrogens with zero attached hydrogens (tertiary/aromatic N) is 2. The molecule has 0 saturated heterocycles. The van der Waals surface area contributed by atoms with E-state index in [9.17, 15) is 23.2 Å². The number of aryl methyl sites for hydroxylation is 1. The first-order valence-electron chi connectivity index (χ1n) is 7.38. The van der Waals surface area contributed by atoms with Gasteiger partial charge in [0.2, 0.25) is 0 Å². The number of carbonyl (C=O) groups is 2. The smallest absolute Gasteiger partial charge is 0.307 e. The Morgan fingerprint density at radius 3 is 2.52 bits per heavy atom. The molecular formula is C16H17F2N3O4. The Hall–Kier alpha value is -2.97. The van der Waals surface area contributed by atoms with E-state index in [0.29, 0.717) is 5.56 Å². The first kappa shape index (κ1) is 18.4. The molecule has 0 spiro atoms. The van der Waals surface area contributed by atoms with Crippen molar-refractivity contribution in [2.45, 2.75) is 13.0 Å². The van der Waals surface area contributed by atoms with Crippen molar-refractivity contribution >= 4 is 11.9 Å². The maximum absolute atomic E-state index is 13.4. The molecule has 0 radical (unpaired) electrons. The summed E-state index contributed by atoms with van der Waals surface area (Å²) in [6.07, 6.45) is -0.0804. The van der Waals surface area contributed by atoms with Gasteiger partial charge in [-0.15, -0.1) is 0 Å². The lowest BCUT2D eigenvalue weighted by Crippen LogP contribution is -2.33. The van der Waals surface area contributed by atoms with Gasteiger partial charge in [0.25, 0.3) is 11.5 Å². The third-order valence-electron chi connectivity index (χ3n) is 3.58. The number of rotatable bonds is 6. The number of esters is 1. The lowest BCUT2D eigenvalue weighted by molar-refractivity contribution is -0.140. The number of benzene rings is 1. The Balaban J connectivity index is 2.24. The summed E-state index contributed by atoms with van der Waals surface area (Å²) in [5, 5.41) is 2.60. The van der Waals surface area contributed by atoms with Crippen LogP contribution >= 0.6 is 0 Å². The molecule has 0 aliphatic heterocycles. The molecule has 0 atom stereocenters. The summed E-state index contributed by atoms with van der Waals surface area (Å²) >= 11 is 0. The molecule has 25 heavy (non-hydrogen) atoms. The molecule has 1 amide bonds. The minimum absolute atomic E-state index is 0.0125. The van der Waals surface area contributed by atoms with Crippen LogP contribution in [0.5, 0.6) is 0 Å². The summed E-state index contributed by atoms with van der Waals surface area (Å²) in [6.45, 7) is -0.0780.